The molecule has 0 radical (unpaired) electrons. The van der Waals surface area contributed by atoms with Crippen molar-refractivity contribution in [1.29, 1.82) is 0 Å². The van der Waals surface area contributed by atoms with Crippen molar-refractivity contribution in [2.24, 2.45) is 5.92 Å². The summed E-state index contributed by atoms with van der Waals surface area (Å²) in [7, 11) is 3.96. The van der Waals surface area contributed by atoms with Crippen LogP contribution >= 0.6 is 0 Å². The predicted molar refractivity (Wildman–Crippen MR) is 140 cm³/mol. The molecule has 3 aromatic rings. The molecule has 1 aliphatic heterocycles. The van der Waals surface area contributed by atoms with E-state index in [0.717, 1.165) is 42.3 Å². The normalized spacial score (nSPS) is 26.2. The molecule has 1 unspecified atom stereocenters. The van der Waals surface area contributed by atoms with Crippen LogP contribution in [0.2, 0.25) is 0 Å². The van der Waals surface area contributed by atoms with E-state index in [1.807, 2.05) is 66.5 Å². The highest BCUT2D eigenvalue weighted by molar-refractivity contribution is 5.98. The molecule has 0 aromatic heterocycles. The lowest BCUT2D eigenvalue weighted by molar-refractivity contribution is -0.158. The van der Waals surface area contributed by atoms with E-state index < -0.39 is 0 Å². The van der Waals surface area contributed by atoms with Crippen molar-refractivity contribution < 1.29 is 19.4 Å². The van der Waals surface area contributed by atoms with Crippen molar-refractivity contribution in [3.05, 3.63) is 77.9 Å². The highest BCUT2D eigenvalue weighted by Crippen LogP contribution is 2.51. The Labute approximate surface area is 212 Å². The van der Waals surface area contributed by atoms with Crippen LogP contribution in [0.25, 0.3) is 10.8 Å². The molecule has 5 rings (SSSR count). The molecule has 6 nitrogen and oxygen atoms in total. The summed E-state index contributed by atoms with van der Waals surface area (Å²) >= 11 is 0. The van der Waals surface area contributed by atoms with E-state index in [2.05, 4.69) is 18.0 Å². The number of nitrogens with zero attached hydrogens (tertiary/aromatic N) is 2. The van der Waals surface area contributed by atoms with Crippen LogP contribution in [-0.2, 0) is 14.9 Å². The predicted octanol–water partition coefficient (Wildman–Crippen LogP) is 4.60. The SMILES string of the molecule is CC(=O)OC1C[C@H](N(C)C(=O)c2ccc3ccccc3c2)C[C@]2(c3cccc(O)c3)CCN(C)C[C@@H]12. The van der Waals surface area contributed by atoms with Gasteiger partial charge in [0.05, 0.1) is 0 Å². The summed E-state index contributed by atoms with van der Waals surface area (Å²) in [5.41, 5.74) is 1.39. The van der Waals surface area contributed by atoms with E-state index in [-0.39, 0.29) is 41.1 Å². The van der Waals surface area contributed by atoms with Crippen molar-refractivity contribution >= 4 is 22.6 Å². The summed E-state index contributed by atoms with van der Waals surface area (Å²) in [5.74, 6) is -0.0411. The quantitative estimate of drug-likeness (QED) is 0.546. The number of rotatable bonds is 4. The van der Waals surface area contributed by atoms with E-state index in [1.165, 1.54) is 6.92 Å². The number of piperidine rings is 1. The number of aromatic hydroxyl groups is 1. The molecule has 1 heterocycles. The molecule has 0 spiro atoms. The Bertz CT molecular complexity index is 1290. The molecule has 2 aliphatic rings. The standard InChI is InChI=1S/C30H34N2O4/c1-20(33)36-28-17-25(32(3)29(35)23-12-11-21-7-4-5-8-22(21)15-23)18-30(13-14-31(2)19-27(28)30)24-9-6-10-26(34)16-24/h4-12,15-16,25,27-28,34H,13-14,17-19H2,1-3H3/t25-,27-,28?,30-/m0/s1. The highest BCUT2D eigenvalue weighted by Gasteiger charge is 2.54. The minimum absolute atomic E-state index is 0.0373. The number of likely N-dealkylation sites (tertiary alicyclic amines) is 1. The monoisotopic (exact) mass is 486 g/mol. The third-order valence-electron chi connectivity index (χ3n) is 8.31. The first-order chi connectivity index (χ1) is 17.3. The summed E-state index contributed by atoms with van der Waals surface area (Å²) in [5, 5.41) is 12.5. The van der Waals surface area contributed by atoms with Crippen LogP contribution in [0, 0.1) is 5.92 Å². The molecular formula is C30H34N2O4. The minimum atomic E-state index is -0.321. The van der Waals surface area contributed by atoms with Gasteiger partial charge < -0.3 is 19.6 Å². The second-order valence-electron chi connectivity index (χ2n) is 10.5. The van der Waals surface area contributed by atoms with Gasteiger partial charge in [-0.2, -0.15) is 0 Å². The molecule has 1 aliphatic carbocycles. The maximum atomic E-state index is 13.7. The number of fused-ring (bicyclic) bond motifs is 2. The lowest BCUT2D eigenvalue weighted by Gasteiger charge is -2.56. The summed E-state index contributed by atoms with van der Waals surface area (Å²) in [4.78, 5) is 30.0. The molecule has 2 fully saturated rings. The highest BCUT2D eigenvalue weighted by atomic mass is 16.5. The smallest absolute Gasteiger partial charge is 0.302 e. The zero-order valence-electron chi connectivity index (χ0n) is 21.2. The molecule has 1 N–H and O–H groups in total. The van der Waals surface area contributed by atoms with Crippen molar-refractivity contribution in [2.45, 2.75) is 43.7 Å². The lowest BCUT2D eigenvalue weighted by Crippen LogP contribution is -2.61. The van der Waals surface area contributed by atoms with Gasteiger partial charge in [0.2, 0.25) is 0 Å². The average molecular weight is 487 g/mol. The molecular weight excluding hydrogens is 452 g/mol. The first-order valence-electron chi connectivity index (χ1n) is 12.7. The summed E-state index contributed by atoms with van der Waals surface area (Å²) < 4.78 is 5.94. The molecule has 36 heavy (non-hydrogen) atoms. The van der Waals surface area contributed by atoms with Crippen LogP contribution in [0.15, 0.2) is 66.7 Å². The number of esters is 1. The Hall–Kier alpha value is -3.38. The fourth-order valence-corrected chi connectivity index (χ4v) is 6.46. The molecule has 1 amide bonds. The van der Waals surface area contributed by atoms with Crippen molar-refractivity contribution in [3.63, 3.8) is 0 Å². The first kappa shape index (κ1) is 24.3. The van der Waals surface area contributed by atoms with E-state index in [4.69, 9.17) is 4.74 Å². The average Bonchev–Trinajstić information content (AvgIpc) is 2.87. The zero-order chi connectivity index (χ0) is 25.4. The van der Waals surface area contributed by atoms with Crippen LogP contribution in [-0.4, -0.2) is 66.1 Å². The number of ether oxygens (including phenoxy) is 1. The third-order valence-corrected chi connectivity index (χ3v) is 8.31. The van der Waals surface area contributed by atoms with Gasteiger partial charge >= 0.3 is 5.97 Å². The van der Waals surface area contributed by atoms with Crippen molar-refractivity contribution in [1.82, 2.24) is 9.80 Å². The van der Waals surface area contributed by atoms with Crippen LogP contribution in [0.1, 0.15) is 42.1 Å². The summed E-state index contributed by atoms with van der Waals surface area (Å²) in [6, 6.07) is 21.2. The molecule has 1 saturated carbocycles. The number of carbonyl (C=O) groups excluding carboxylic acids is 2. The van der Waals surface area contributed by atoms with Gasteiger partial charge in [-0.3, -0.25) is 9.59 Å². The zero-order valence-corrected chi connectivity index (χ0v) is 21.2. The van der Waals surface area contributed by atoms with E-state index in [0.29, 0.717) is 12.0 Å². The number of amides is 1. The maximum absolute atomic E-state index is 13.7. The van der Waals surface area contributed by atoms with Gasteiger partial charge in [-0.25, -0.2) is 0 Å². The minimum Gasteiger partial charge on any atom is -0.508 e. The molecule has 0 bridgehead atoms. The van der Waals surface area contributed by atoms with Crippen LogP contribution in [0.3, 0.4) is 0 Å². The Morgan fingerprint density at radius 3 is 2.58 bits per heavy atom. The molecule has 188 valence electrons. The topological polar surface area (TPSA) is 70.1 Å². The van der Waals surface area contributed by atoms with Crippen molar-refractivity contribution in [3.8, 4) is 5.75 Å². The van der Waals surface area contributed by atoms with Gasteiger partial charge in [-0.05, 0) is 67.0 Å². The van der Waals surface area contributed by atoms with E-state index >= 15 is 0 Å². The van der Waals surface area contributed by atoms with Gasteiger partial charge in [-0.15, -0.1) is 0 Å². The fraction of sp³-hybridized carbons (Fsp3) is 0.400. The van der Waals surface area contributed by atoms with E-state index in [9.17, 15) is 14.7 Å². The number of carbonyl (C=O) groups is 2. The molecule has 3 aromatic carbocycles. The summed E-state index contributed by atoms with van der Waals surface area (Å²) in [6.07, 6.45) is 1.89. The van der Waals surface area contributed by atoms with E-state index in [1.54, 1.807) is 6.07 Å². The number of hydrogen-bond donors (Lipinski definition) is 1. The molecule has 1 saturated heterocycles. The Balaban J connectivity index is 1.52. The first-order valence-corrected chi connectivity index (χ1v) is 12.7. The number of hydrogen-bond acceptors (Lipinski definition) is 5. The fourth-order valence-electron chi connectivity index (χ4n) is 6.46. The molecule has 6 heteroatoms. The lowest BCUT2D eigenvalue weighted by atomic mass is 9.56. The van der Waals surface area contributed by atoms with Crippen LogP contribution in [0.4, 0.5) is 0 Å². The van der Waals surface area contributed by atoms with Gasteiger partial charge in [0.15, 0.2) is 0 Å². The van der Waals surface area contributed by atoms with Gasteiger partial charge in [0, 0.05) is 49.9 Å². The Morgan fingerprint density at radius 2 is 1.83 bits per heavy atom. The number of phenols is 1. The Morgan fingerprint density at radius 1 is 1.06 bits per heavy atom. The summed E-state index contributed by atoms with van der Waals surface area (Å²) in [6.45, 7) is 3.15. The van der Waals surface area contributed by atoms with Gasteiger partial charge in [-0.1, -0.05) is 42.5 Å². The van der Waals surface area contributed by atoms with Crippen LogP contribution < -0.4 is 0 Å². The number of phenolic OH excluding ortho intramolecular Hbond substituents is 1. The van der Waals surface area contributed by atoms with Crippen molar-refractivity contribution in [2.75, 3.05) is 27.2 Å². The van der Waals surface area contributed by atoms with Gasteiger partial charge in [0.25, 0.3) is 5.91 Å². The number of benzene rings is 3. The third kappa shape index (κ3) is 4.46. The van der Waals surface area contributed by atoms with Crippen LogP contribution in [0.5, 0.6) is 5.75 Å². The second-order valence-corrected chi connectivity index (χ2v) is 10.5. The maximum Gasteiger partial charge on any atom is 0.302 e. The largest absolute Gasteiger partial charge is 0.508 e. The van der Waals surface area contributed by atoms with Gasteiger partial charge in [0.1, 0.15) is 11.9 Å². The second kappa shape index (κ2) is 9.58. The molecule has 4 atom stereocenters. The Kier molecular flexibility index (Phi) is 6.47.